The smallest absolute Gasteiger partial charge is 0.260 e. The molecule has 6 heteroatoms. The molecule has 0 radical (unpaired) electrons. The summed E-state index contributed by atoms with van der Waals surface area (Å²) in [5.41, 5.74) is 0.631. The van der Waals surface area contributed by atoms with E-state index in [9.17, 15) is 9.59 Å². The molecule has 2 aliphatic rings. The molecule has 1 N–H and O–H groups in total. The van der Waals surface area contributed by atoms with Gasteiger partial charge in [-0.3, -0.25) is 9.59 Å². The van der Waals surface area contributed by atoms with E-state index in [0.717, 1.165) is 44.1 Å². The van der Waals surface area contributed by atoms with Crippen LogP contribution in [0.2, 0.25) is 5.02 Å². The lowest BCUT2D eigenvalue weighted by atomic mass is 9.78. The van der Waals surface area contributed by atoms with Crippen molar-refractivity contribution in [1.82, 2.24) is 10.2 Å². The van der Waals surface area contributed by atoms with E-state index in [1.165, 1.54) is 0 Å². The van der Waals surface area contributed by atoms with Gasteiger partial charge in [0.15, 0.2) is 6.61 Å². The number of ether oxygens (including phenoxy) is 1. The van der Waals surface area contributed by atoms with Gasteiger partial charge in [-0.05, 0) is 61.4 Å². The molecule has 2 aromatic carbocycles. The molecule has 170 valence electrons. The van der Waals surface area contributed by atoms with Crippen molar-refractivity contribution in [2.45, 2.75) is 43.9 Å². The Bertz CT molecular complexity index is 902. The molecule has 0 atom stereocenters. The fourth-order valence-electron chi connectivity index (χ4n) is 4.94. The van der Waals surface area contributed by atoms with Crippen molar-refractivity contribution in [1.29, 1.82) is 0 Å². The second kappa shape index (κ2) is 10.4. The van der Waals surface area contributed by atoms with Crippen molar-refractivity contribution in [3.05, 3.63) is 65.2 Å². The van der Waals surface area contributed by atoms with E-state index < -0.39 is 5.41 Å². The van der Waals surface area contributed by atoms with Gasteiger partial charge < -0.3 is 15.0 Å². The normalized spacial score (nSPS) is 18.3. The molecule has 1 aliphatic heterocycles. The van der Waals surface area contributed by atoms with Crippen molar-refractivity contribution in [3.8, 4) is 5.75 Å². The summed E-state index contributed by atoms with van der Waals surface area (Å²) in [6, 6.07) is 17.1. The molecule has 0 aromatic heterocycles. The lowest BCUT2D eigenvalue weighted by Gasteiger charge is -2.33. The minimum absolute atomic E-state index is 0.0176. The summed E-state index contributed by atoms with van der Waals surface area (Å²) >= 11 is 6.05. The third-order valence-electron chi connectivity index (χ3n) is 6.91. The number of para-hydroxylation sites is 1. The first-order chi connectivity index (χ1) is 15.6. The Morgan fingerprint density at radius 1 is 1.00 bits per heavy atom. The molecule has 1 saturated heterocycles. The van der Waals surface area contributed by atoms with Gasteiger partial charge in [0, 0.05) is 24.7 Å². The van der Waals surface area contributed by atoms with E-state index in [1.807, 2.05) is 59.5 Å². The largest absolute Gasteiger partial charge is 0.484 e. The lowest BCUT2D eigenvalue weighted by Crippen LogP contribution is -2.47. The molecular weight excluding hydrogens is 424 g/mol. The zero-order valence-electron chi connectivity index (χ0n) is 18.4. The van der Waals surface area contributed by atoms with Crippen molar-refractivity contribution in [3.63, 3.8) is 0 Å². The summed E-state index contributed by atoms with van der Waals surface area (Å²) in [5.74, 6) is 1.25. The van der Waals surface area contributed by atoms with Crippen molar-refractivity contribution in [2.75, 3.05) is 26.2 Å². The average Bonchev–Trinajstić information content (AvgIpc) is 3.34. The molecule has 1 aliphatic carbocycles. The molecule has 0 spiro atoms. The molecule has 0 bridgehead atoms. The molecule has 2 amide bonds. The molecule has 2 aromatic rings. The van der Waals surface area contributed by atoms with Crippen LogP contribution in [0.25, 0.3) is 0 Å². The summed E-state index contributed by atoms with van der Waals surface area (Å²) in [5, 5.41) is 3.93. The second-order valence-corrected chi connectivity index (χ2v) is 9.37. The summed E-state index contributed by atoms with van der Waals surface area (Å²) in [6.45, 7) is 2.14. The highest BCUT2D eigenvalue weighted by Crippen LogP contribution is 2.41. The van der Waals surface area contributed by atoms with Gasteiger partial charge in [0.2, 0.25) is 5.91 Å². The summed E-state index contributed by atoms with van der Waals surface area (Å²) < 4.78 is 5.59. The van der Waals surface area contributed by atoms with E-state index in [2.05, 4.69) is 5.32 Å². The van der Waals surface area contributed by atoms with Crippen LogP contribution in [0.1, 0.15) is 44.1 Å². The maximum Gasteiger partial charge on any atom is 0.260 e. The van der Waals surface area contributed by atoms with Gasteiger partial charge >= 0.3 is 0 Å². The highest BCUT2D eigenvalue weighted by Gasteiger charge is 2.42. The number of carbonyl (C=O) groups is 2. The summed E-state index contributed by atoms with van der Waals surface area (Å²) in [7, 11) is 0. The minimum atomic E-state index is -0.434. The van der Waals surface area contributed by atoms with E-state index in [-0.39, 0.29) is 18.4 Å². The number of nitrogens with one attached hydrogen (secondary N) is 1. The predicted octanol–water partition coefficient (Wildman–Crippen LogP) is 4.59. The Labute approximate surface area is 195 Å². The number of piperidine rings is 1. The van der Waals surface area contributed by atoms with Gasteiger partial charge in [0.05, 0.1) is 5.41 Å². The first-order valence-electron chi connectivity index (χ1n) is 11.6. The van der Waals surface area contributed by atoms with E-state index in [4.69, 9.17) is 16.3 Å². The van der Waals surface area contributed by atoms with Crippen molar-refractivity contribution < 1.29 is 14.3 Å². The van der Waals surface area contributed by atoms with Crippen LogP contribution in [-0.2, 0) is 15.0 Å². The van der Waals surface area contributed by atoms with Gasteiger partial charge in [-0.1, -0.05) is 54.8 Å². The first-order valence-corrected chi connectivity index (χ1v) is 11.9. The number of rotatable bonds is 7. The lowest BCUT2D eigenvalue weighted by molar-refractivity contribution is -0.135. The summed E-state index contributed by atoms with van der Waals surface area (Å²) in [6.07, 6.45) is 5.70. The fraction of sp³-hybridized carbons (Fsp3) is 0.462. The molecular formula is C26H31ClN2O3. The number of halogens is 1. The van der Waals surface area contributed by atoms with Gasteiger partial charge in [-0.25, -0.2) is 0 Å². The monoisotopic (exact) mass is 454 g/mol. The van der Waals surface area contributed by atoms with E-state index in [0.29, 0.717) is 36.3 Å². The molecule has 5 nitrogen and oxygen atoms in total. The van der Waals surface area contributed by atoms with Crippen molar-refractivity contribution >= 4 is 23.4 Å². The maximum atomic E-state index is 13.3. The number of hydrogen-bond donors (Lipinski definition) is 1. The summed E-state index contributed by atoms with van der Waals surface area (Å²) in [4.78, 5) is 27.6. The van der Waals surface area contributed by atoms with Crippen LogP contribution >= 0.6 is 11.6 Å². The Kier molecular flexibility index (Phi) is 7.36. The van der Waals surface area contributed by atoms with Crippen LogP contribution in [-0.4, -0.2) is 43.0 Å². The molecule has 1 saturated carbocycles. The van der Waals surface area contributed by atoms with Crippen molar-refractivity contribution in [2.24, 2.45) is 5.92 Å². The Morgan fingerprint density at radius 3 is 2.31 bits per heavy atom. The molecule has 1 heterocycles. The molecule has 2 fully saturated rings. The second-order valence-electron chi connectivity index (χ2n) is 8.93. The zero-order chi connectivity index (χ0) is 22.4. The van der Waals surface area contributed by atoms with Crippen LogP contribution in [0.4, 0.5) is 0 Å². The van der Waals surface area contributed by atoms with Gasteiger partial charge in [0.25, 0.3) is 5.91 Å². The van der Waals surface area contributed by atoms with Crippen LogP contribution in [0, 0.1) is 5.92 Å². The topological polar surface area (TPSA) is 58.6 Å². The molecule has 0 unspecified atom stereocenters. The van der Waals surface area contributed by atoms with Gasteiger partial charge in [0.1, 0.15) is 5.75 Å². The van der Waals surface area contributed by atoms with Crippen LogP contribution in [0.5, 0.6) is 5.75 Å². The Morgan fingerprint density at radius 2 is 1.66 bits per heavy atom. The third-order valence-corrected chi connectivity index (χ3v) is 7.16. The zero-order valence-corrected chi connectivity index (χ0v) is 19.2. The SMILES string of the molecule is O=C(COc1ccccc1)N1CCC(CNC(=O)C2(c3ccc(Cl)cc3)CCCC2)CC1. The predicted molar refractivity (Wildman–Crippen MR) is 126 cm³/mol. The number of likely N-dealkylation sites (tertiary alicyclic amines) is 1. The highest BCUT2D eigenvalue weighted by atomic mass is 35.5. The number of amides is 2. The number of carbonyl (C=O) groups excluding carboxylic acids is 2. The quantitative estimate of drug-likeness (QED) is 0.665. The number of hydrogen-bond acceptors (Lipinski definition) is 3. The first kappa shape index (κ1) is 22.7. The van der Waals surface area contributed by atoms with Gasteiger partial charge in [-0.2, -0.15) is 0 Å². The van der Waals surface area contributed by atoms with Crippen LogP contribution < -0.4 is 10.1 Å². The maximum absolute atomic E-state index is 13.3. The minimum Gasteiger partial charge on any atom is -0.484 e. The average molecular weight is 455 g/mol. The van der Waals surface area contributed by atoms with Gasteiger partial charge in [-0.15, -0.1) is 0 Å². The molecule has 32 heavy (non-hydrogen) atoms. The highest BCUT2D eigenvalue weighted by molar-refractivity contribution is 6.30. The Balaban J connectivity index is 1.25. The number of nitrogens with zero attached hydrogens (tertiary/aromatic N) is 1. The third kappa shape index (κ3) is 5.26. The fourth-order valence-corrected chi connectivity index (χ4v) is 5.07. The van der Waals surface area contributed by atoms with Crippen LogP contribution in [0.3, 0.4) is 0 Å². The van der Waals surface area contributed by atoms with E-state index >= 15 is 0 Å². The Hall–Kier alpha value is -2.53. The molecule has 4 rings (SSSR count). The standard InChI is InChI=1S/C26H31ClN2O3/c27-22-10-8-21(9-11-22)26(14-4-5-15-26)25(31)28-18-20-12-16-29(17-13-20)24(30)19-32-23-6-2-1-3-7-23/h1-3,6-11,20H,4-5,12-19H2,(H,28,31). The van der Waals surface area contributed by atoms with Crippen LogP contribution in [0.15, 0.2) is 54.6 Å². The van der Waals surface area contributed by atoms with E-state index in [1.54, 1.807) is 0 Å². The number of benzene rings is 2.